The number of fused-ring (bicyclic) bond motifs is 2. The van der Waals surface area contributed by atoms with Gasteiger partial charge in [0.25, 0.3) is 5.91 Å². The zero-order chi connectivity index (χ0) is 13.0. The van der Waals surface area contributed by atoms with E-state index in [9.17, 15) is 4.79 Å². The molecule has 2 aliphatic rings. The number of primary amides is 1. The minimum atomic E-state index is -0.472. The van der Waals surface area contributed by atoms with Crippen LogP contribution >= 0.6 is 0 Å². The molecule has 1 aliphatic carbocycles. The molecule has 0 bridgehead atoms. The van der Waals surface area contributed by atoms with E-state index in [2.05, 4.69) is 10.3 Å². The molecule has 2 aromatic rings. The lowest BCUT2D eigenvalue weighted by molar-refractivity contribution is 0.1000. The van der Waals surface area contributed by atoms with Crippen molar-refractivity contribution in [2.75, 3.05) is 13.1 Å². The zero-order valence-corrected chi connectivity index (χ0v) is 10.5. The summed E-state index contributed by atoms with van der Waals surface area (Å²) in [6.45, 7) is 1.94. The molecule has 1 aliphatic heterocycles. The second-order valence-electron chi connectivity index (χ2n) is 5.56. The first-order valence-corrected chi connectivity index (χ1v) is 6.61. The number of amides is 1. The van der Waals surface area contributed by atoms with Gasteiger partial charge in [-0.3, -0.25) is 4.79 Å². The van der Waals surface area contributed by atoms with Crippen molar-refractivity contribution in [3.8, 4) is 0 Å². The van der Waals surface area contributed by atoms with Gasteiger partial charge in [-0.1, -0.05) is 6.07 Å². The zero-order valence-electron chi connectivity index (χ0n) is 10.5. The number of carbonyl (C=O) groups is 1. The lowest BCUT2D eigenvalue weighted by atomic mass is 9.62. The number of nitrogens with one attached hydrogen (secondary N) is 1. The van der Waals surface area contributed by atoms with Crippen LogP contribution in [0, 0.1) is 5.92 Å². The van der Waals surface area contributed by atoms with Crippen LogP contribution in [0.15, 0.2) is 22.6 Å². The first-order chi connectivity index (χ1) is 9.21. The van der Waals surface area contributed by atoms with Crippen LogP contribution in [0.5, 0.6) is 0 Å². The second kappa shape index (κ2) is 3.57. The smallest absolute Gasteiger partial charge is 0.252 e. The molecule has 1 saturated carbocycles. The number of oxazole rings is 1. The Balaban J connectivity index is 1.89. The fourth-order valence-electron chi connectivity index (χ4n) is 3.41. The van der Waals surface area contributed by atoms with Crippen LogP contribution in [0.25, 0.3) is 11.1 Å². The van der Waals surface area contributed by atoms with Crippen LogP contribution in [0.3, 0.4) is 0 Å². The number of rotatable bonds is 2. The number of hydrogen-bond acceptors (Lipinski definition) is 4. The summed E-state index contributed by atoms with van der Waals surface area (Å²) in [5, 5.41) is 3.41. The van der Waals surface area contributed by atoms with Crippen molar-refractivity contribution in [2.45, 2.75) is 18.3 Å². The molecule has 1 saturated heterocycles. The molecule has 3 N–H and O–H groups in total. The van der Waals surface area contributed by atoms with Crippen molar-refractivity contribution in [2.24, 2.45) is 11.7 Å². The van der Waals surface area contributed by atoms with Gasteiger partial charge in [0.05, 0.1) is 11.0 Å². The molecule has 2 fully saturated rings. The third-order valence-corrected chi connectivity index (χ3v) is 4.66. The molecule has 5 heteroatoms. The fraction of sp³-hybridized carbons (Fsp3) is 0.429. The highest BCUT2D eigenvalue weighted by Crippen LogP contribution is 2.51. The van der Waals surface area contributed by atoms with Crippen LogP contribution < -0.4 is 11.1 Å². The van der Waals surface area contributed by atoms with Crippen LogP contribution in [0.1, 0.15) is 29.1 Å². The Hall–Kier alpha value is -1.88. The normalized spacial score (nSPS) is 29.2. The maximum atomic E-state index is 11.4. The Bertz CT molecular complexity index is 678. The SMILES string of the molecule is NC(=O)c1cccc2nc(C34CCC3CNC4)oc12. The summed E-state index contributed by atoms with van der Waals surface area (Å²) >= 11 is 0. The number of carbonyl (C=O) groups excluding carboxylic acids is 1. The number of hydrogen-bond donors (Lipinski definition) is 2. The quantitative estimate of drug-likeness (QED) is 0.846. The maximum absolute atomic E-state index is 11.4. The molecular formula is C14H15N3O2. The third kappa shape index (κ3) is 1.33. The van der Waals surface area contributed by atoms with Gasteiger partial charge >= 0.3 is 0 Å². The highest BCUT2D eigenvalue weighted by Gasteiger charge is 2.54. The van der Waals surface area contributed by atoms with E-state index >= 15 is 0 Å². The van der Waals surface area contributed by atoms with E-state index in [1.54, 1.807) is 12.1 Å². The van der Waals surface area contributed by atoms with Crippen LogP contribution in [0.2, 0.25) is 0 Å². The molecule has 1 aromatic heterocycles. The van der Waals surface area contributed by atoms with E-state index in [0.717, 1.165) is 30.9 Å². The van der Waals surface area contributed by atoms with Gasteiger partial charge in [0.2, 0.25) is 5.89 Å². The van der Waals surface area contributed by atoms with E-state index in [1.165, 1.54) is 6.42 Å². The lowest BCUT2D eigenvalue weighted by Gasteiger charge is -2.41. The van der Waals surface area contributed by atoms with Gasteiger partial charge in [0, 0.05) is 6.54 Å². The van der Waals surface area contributed by atoms with Crippen LogP contribution in [-0.2, 0) is 5.41 Å². The summed E-state index contributed by atoms with van der Waals surface area (Å²) in [4.78, 5) is 16.0. The van der Waals surface area contributed by atoms with Gasteiger partial charge in [0.15, 0.2) is 5.58 Å². The van der Waals surface area contributed by atoms with Crippen LogP contribution in [0.4, 0.5) is 0 Å². The molecule has 98 valence electrons. The Morgan fingerprint density at radius 1 is 1.53 bits per heavy atom. The summed E-state index contributed by atoms with van der Waals surface area (Å²) in [6, 6.07) is 5.33. The summed E-state index contributed by atoms with van der Waals surface area (Å²) in [5.74, 6) is 0.899. The standard InChI is InChI=1S/C14H15N3O2/c15-12(18)9-2-1-3-10-11(9)19-13(17-10)14-5-4-8(14)6-16-7-14/h1-3,8,16H,4-7H2,(H2,15,18). The first-order valence-electron chi connectivity index (χ1n) is 6.61. The molecule has 19 heavy (non-hydrogen) atoms. The number of nitrogens with zero attached hydrogens (tertiary/aromatic N) is 1. The monoisotopic (exact) mass is 257 g/mol. The second-order valence-corrected chi connectivity index (χ2v) is 5.56. The third-order valence-electron chi connectivity index (χ3n) is 4.66. The fourth-order valence-corrected chi connectivity index (χ4v) is 3.41. The molecule has 4 rings (SSSR count). The van der Waals surface area contributed by atoms with E-state index in [4.69, 9.17) is 10.2 Å². The molecule has 2 heterocycles. The van der Waals surface area contributed by atoms with Crippen molar-refractivity contribution in [1.82, 2.24) is 10.3 Å². The summed E-state index contributed by atoms with van der Waals surface area (Å²) in [5.41, 5.74) is 7.07. The Morgan fingerprint density at radius 2 is 2.42 bits per heavy atom. The van der Waals surface area contributed by atoms with E-state index in [-0.39, 0.29) is 5.41 Å². The first kappa shape index (κ1) is 11.0. The van der Waals surface area contributed by atoms with Gasteiger partial charge in [-0.2, -0.15) is 0 Å². The number of benzene rings is 1. The molecule has 2 atom stereocenters. The molecule has 5 nitrogen and oxygen atoms in total. The summed E-state index contributed by atoms with van der Waals surface area (Å²) in [6.07, 6.45) is 2.32. The molecule has 0 spiro atoms. The van der Waals surface area contributed by atoms with Gasteiger partial charge in [-0.05, 0) is 37.4 Å². The molecule has 1 amide bonds. The largest absolute Gasteiger partial charge is 0.439 e. The predicted molar refractivity (Wildman–Crippen MR) is 69.8 cm³/mol. The van der Waals surface area contributed by atoms with Crippen molar-refractivity contribution < 1.29 is 9.21 Å². The summed E-state index contributed by atoms with van der Waals surface area (Å²) in [7, 11) is 0. The van der Waals surface area contributed by atoms with Crippen LogP contribution in [-0.4, -0.2) is 24.0 Å². The van der Waals surface area contributed by atoms with Gasteiger partial charge in [0.1, 0.15) is 5.52 Å². The number of nitrogens with two attached hydrogens (primary N) is 1. The van der Waals surface area contributed by atoms with Gasteiger partial charge < -0.3 is 15.5 Å². The molecule has 1 aromatic carbocycles. The van der Waals surface area contributed by atoms with E-state index in [0.29, 0.717) is 17.1 Å². The number of para-hydroxylation sites is 1. The molecule has 2 unspecified atom stereocenters. The minimum Gasteiger partial charge on any atom is -0.439 e. The van der Waals surface area contributed by atoms with Crippen molar-refractivity contribution in [3.05, 3.63) is 29.7 Å². The van der Waals surface area contributed by atoms with Crippen molar-refractivity contribution in [3.63, 3.8) is 0 Å². The average molecular weight is 257 g/mol. The van der Waals surface area contributed by atoms with Crippen molar-refractivity contribution >= 4 is 17.0 Å². The summed E-state index contributed by atoms with van der Waals surface area (Å²) < 4.78 is 5.92. The minimum absolute atomic E-state index is 0.0357. The maximum Gasteiger partial charge on any atom is 0.252 e. The predicted octanol–water partition coefficient (Wildman–Crippen LogP) is 1.18. The topological polar surface area (TPSA) is 81.2 Å². The van der Waals surface area contributed by atoms with Gasteiger partial charge in [-0.25, -0.2) is 4.98 Å². The van der Waals surface area contributed by atoms with Crippen molar-refractivity contribution in [1.29, 1.82) is 0 Å². The Labute approximate surface area is 110 Å². The molecular weight excluding hydrogens is 242 g/mol. The van der Waals surface area contributed by atoms with E-state index < -0.39 is 5.91 Å². The highest BCUT2D eigenvalue weighted by atomic mass is 16.4. The lowest BCUT2D eigenvalue weighted by Crippen LogP contribution is -2.43. The Morgan fingerprint density at radius 3 is 3.11 bits per heavy atom. The van der Waals surface area contributed by atoms with Gasteiger partial charge in [-0.15, -0.1) is 0 Å². The highest BCUT2D eigenvalue weighted by molar-refractivity contribution is 6.03. The Kier molecular flexibility index (Phi) is 2.07. The molecule has 0 radical (unpaired) electrons. The average Bonchev–Trinajstić information content (AvgIpc) is 2.91. The number of aromatic nitrogens is 1. The van der Waals surface area contributed by atoms with E-state index in [1.807, 2.05) is 6.07 Å².